The lowest BCUT2D eigenvalue weighted by Crippen LogP contribution is -1.90. The zero-order valence-electron chi connectivity index (χ0n) is 11.6. The summed E-state index contributed by atoms with van der Waals surface area (Å²) >= 11 is 15.5. The first-order valence-corrected chi connectivity index (χ1v) is 14.1. The van der Waals surface area contributed by atoms with Crippen molar-refractivity contribution in [2.75, 3.05) is 25.0 Å². The van der Waals surface area contributed by atoms with Gasteiger partial charge in [0.1, 0.15) is 0 Å². The molecule has 2 heterocycles. The van der Waals surface area contributed by atoms with E-state index in [9.17, 15) is 0 Å². The van der Waals surface area contributed by atoms with E-state index in [4.69, 9.17) is 0 Å². The van der Waals surface area contributed by atoms with Crippen LogP contribution in [0.25, 0.3) is 0 Å². The highest BCUT2D eigenvalue weighted by atomic mass is 32.3. The fourth-order valence-corrected chi connectivity index (χ4v) is 12.3. The molecule has 0 spiro atoms. The molecule has 0 fully saturated rings. The molecule has 0 aromatic heterocycles. The van der Waals surface area contributed by atoms with Gasteiger partial charge in [-0.3, -0.25) is 0 Å². The van der Waals surface area contributed by atoms with Crippen LogP contribution < -0.4 is 0 Å². The maximum Gasteiger partial charge on any atom is 0.0788 e. The lowest BCUT2D eigenvalue weighted by Gasteiger charge is -2.05. The van der Waals surface area contributed by atoms with Crippen LogP contribution in [0, 0.1) is 0 Å². The number of hydrogen-bond donors (Lipinski definition) is 0. The minimum Gasteiger partial charge on any atom is -0.121 e. The van der Waals surface area contributed by atoms with Crippen molar-refractivity contribution < 1.29 is 0 Å². The highest BCUT2D eigenvalue weighted by Gasteiger charge is 2.26. The average Bonchev–Trinajstić information content (AvgIpc) is 3.07. The van der Waals surface area contributed by atoms with E-state index in [2.05, 4.69) is 37.2 Å². The first kappa shape index (κ1) is 18.4. The molecule has 0 saturated carbocycles. The predicted octanol–water partition coefficient (Wildman–Crippen LogP) is 6.86. The van der Waals surface area contributed by atoms with Crippen LogP contribution >= 0.6 is 94.1 Å². The van der Waals surface area contributed by atoms with Crippen molar-refractivity contribution in [2.45, 2.75) is 9.16 Å². The summed E-state index contributed by atoms with van der Waals surface area (Å²) in [5, 5.41) is 0. The Morgan fingerprint density at radius 3 is 1.05 bits per heavy atom. The molecule has 0 N–H and O–H groups in total. The molecule has 0 atom stereocenters. The summed E-state index contributed by atoms with van der Waals surface area (Å²) in [6, 6.07) is 0. The molecule has 0 aliphatic carbocycles. The minimum absolute atomic E-state index is 0.553. The Labute approximate surface area is 156 Å². The van der Waals surface area contributed by atoms with E-state index in [0.29, 0.717) is 9.16 Å². The molecule has 0 bridgehead atoms. The second-order valence-electron chi connectivity index (χ2n) is 3.56. The SMILES string of the molecule is CSC1=C(SC)SC(/C=C/C2SC(SC)=C(SC)S2)S1. The van der Waals surface area contributed by atoms with E-state index in [0.717, 1.165) is 0 Å². The average molecular weight is 417 g/mol. The van der Waals surface area contributed by atoms with E-state index < -0.39 is 0 Å². The van der Waals surface area contributed by atoms with Crippen molar-refractivity contribution in [3.63, 3.8) is 0 Å². The highest BCUT2D eigenvalue weighted by molar-refractivity contribution is 8.38. The molecule has 0 amide bonds. The van der Waals surface area contributed by atoms with Crippen LogP contribution in [0.2, 0.25) is 0 Å². The lowest BCUT2D eigenvalue weighted by molar-refractivity contribution is 1.57. The molecule has 2 rings (SSSR count). The molecule has 20 heavy (non-hydrogen) atoms. The summed E-state index contributed by atoms with van der Waals surface area (Å²) in [6.07, 6.45) is 13.5. The zero-order chi connectivity index (χ0) is 14.5. The van der Waals surface area contributed by atoms with E-state index in [1.807, 2.05) is 94.1 Å². The molecule has 2 aliphatic rings. The summed E-state index contributed by atoms with van der Waals surface area (Å²) in [4.78, 5) is 0. The summed E-state index contributed by atoms with van der Waals surface area (Å²) < 4.78 is 7.04. The van der Waals surface area contributed by atoms with Gasteiger partial charge in [0.05, 0.1) is 26.1 Å². The van der Waals surface area contributed by atoms with Crippen LogP contribution in [-0.4, -0.2) is 34.2 Å². The third-order valence-corrected chi connectivity index (χ3v) is 13.3. The first-order chi connectivity index (χ1) is 9.71. The van der Waals surface area contributed by atoms with Gasteiger partial charge in [0, 0.05) is 0 Å². The van der Waals surface area contributed by atoms with Crippen LogP contribution in [0.15, 0.2) is 29.1 Å². The van der Waals surface area contributed by atoms with E-state index in [1.54, 1.807) is 0 Å². The maximum absolute atomic E-state index is 2.39. The van der Waals surface area contributed by atoms with Crippen LogP contribution in [0.4, 0.5) is 0 Å². The van der Waals surface area contributed by atoms with Gasteiger partial charge in [0.25, 0.3) is 0 Å². The number of thioether (sulfide) groups is 8. The molecule has 0 aromatic carbocycles. The van der Waals surface area contributed by atoms with Crippen LogP contribution in [0.5, 0.6) is 0 Å². The van der Waals surface area contributed by atoms with Gasteiger partial charge in [0.2, 0.25) is 0 Å². The normalized spacial score (nSPS) is 22.0. The van der Waals surface area contributed by atoms with Crippen molar-refractivity contribution in [1.29, 1.82) is 0 Å². The third kappa shape index (κ3) is 4.76. The zero-order valence-corrected chi connectivity index (χ0v) is 18.1. The largest absolute Gasteiger partial charge is 0.121 e. The fourth-order valence-electron chi connectivity index (χ4n) is 1.53. The molecule has 2 aliphatic heterocycles. The Kier molecular flexibility index (Phi) is 8.58. The summed E-state index contributed by atoms with van der Waals surface area (Å²) in [6.45, 7) is 0. The molecular weight excluding hydrogens is 401 g/mol. The molecule has 0 saturated heterocycles. The molecule has 0 aromatic rings. The Morgan fingerprint density at radius 1 is 0.600 bits per heavy atom. The Balaban J connectivity index is 1.88. The smallest absolute Gasteiger partial charge is 0.0788 e. The highest BCUT2D eigenvalue weighted by Crippen LogP contribution is 2.56. The van der Waals surface area contributed by atoms with Gasteiger partial charge in [-0.25, -0.2) is 0 Å². The first-order valence-electron chi connectivity index (χ1n) is 5.71. The third-order valence-electron chi connectivity index (χ3n) is 2.39. The number of rotatable bonds is 6. The van der Waals surface area contributed by atoms with Crippen molar-refractivity contribution in [2.24, 2.45) is 0 Å². The molecule has 0 nitrogen and oxygen atoms in total. The number of hydrogen-bond acceptors (Lipinski definition) is 8. The van der Waals surface area contributed by atoms with Crippen molar-refractivity contribution in [1.82, 2.24) is 0 Å². The second kappa shape index (κ2) is 9.35. The van der Waals surface area contributed by atoms with Crippen LogP contribution in [-0.2, 0) is 0 Å². The Hall–Kier alpha value is 2.02. The Bertz CT molecular complexity index is 367. The molecule has 8 heteroatoms. The molecular formula is C12H16S8. The molecule has 0 unspecified atom stereocenters. The van der Waals surface area contributed by atoms with E-state index in [-0.39, 0.29) is 0 Å². The van der Waals surface area contributed by atoms with Crippen molar-refractivity contribution in [3.05, 3.63) is 29.1 Å². The quantitative estimate of drug-likeness (QED) is 0.425. The van der Waals surface area contributed by atoms with E-state index in [1.165, 1.54) is 16.9 Å². The molecule has 0 radical (unpaired) electrons. The van der Waals surface area contributed by atoms with Gasteiger partial charge in [-0.1, -0.05) is 59.2 Å². The second-order valence-corrected chi connectivity index (χ2v) is 13.1. The molecule has 112 valence electrons. The van der Waals surface area contributed by atoms with Gasteiger partial charge >= 0.3 is 0 Å². The summed E-state index contributed by atoms with van der Waals surface area (Å²) in [5.74, 6) is 0. The monoisotopic (exact) mass is 416 g/mol. The van der Waals surface area contributed by atoms with Crippen LogP contribution in [0.1, 0.15) is 0 Å². The maximum atomic E-state index is 2.39. The summed E-state index contributed by atoms with van der Waals surface area (Å²) in [5.41, 5.74) is 0. The van der Waals surface area contributed by atoms with Crippen molar-refractivity contribution in [3.8, 4) is 0 Å². The van der Waals surface area contributed by atoms with Crippen molar-refractivity contribution >= 4 is 94.1 Å². The van der Waals surface area contributed by atoms with E-state index >= 15 is 0 Å². The van der Waals surface area contributed by atoms with Gasteiger partial charge < -0.3 is 0 Å². The minimum atomic E-state index is 0.553. The summed E-state index contributed by atoms with van der Waals surface area (Å²) in [7, 11) is 0. The lowest BCUT2D eigenvalue weighted by atomic mass is 10.6. The standard InChI is InChI=1S/C12H16S8/c1-13-9-10(14-2)18-7(17-9)5-6-8-19-11(15-3)12(16-4)20-8/h5-8H,1-4H3/b6-5+. The van der Waals surface area contributed by atoms with Crippen LogP contribution in [0.3, 0.4) is 0 Å². The van der Waals surface area contributed by atoms with Gasteiger partial charge in [-0.2, -0.15) is 0 Å². The predicted molar refractivity (Wildman–Crippen MR) is 115 cm³/mol. The fraction of sp³-hybridized carbons (Fsp3) is 0.500. The topological polar surface area (TPSA) is 0 Å². The van der Waals surface area contributed by atoms with Gasteiger partial charge in [-0.05, 0) is 25.0 Å². The Morgan fingerprint density at radius 2 is 0.850 bits per heavy atom. The van der Waals surface area contributed by atoms with Gasteiger partial charge in [-0.15, -0.1) is 47.0 Å². The van der Waals surface area contributed by atoms with Gasteiger partial charge in [0.15, 0.2) is 0 Å².